The third kappa shape index (κ3) is 4.17. The first-order chi connectivity index (χ1) is 15.2. The highest BCUT2D eigenvalue weighted by Gasteiger charge is 2.39. The van der Waals surface area contributed by atoms with Crippen LogP contribution in [0.1, 0.15) is 55.2 Å². The summed E-state index contributed by atoms with van der Waals surface area (Å²) in [7, 11) is 0. The van der Waals surface area contributed by atoms with E-state index < -0.39 is 0 Å². The minimum absolute atomic E-state index is 0.0561. The van der Waals surface area contributed by atoms with Crippen LogP contribution >= 0.6 is 0 Å². The zero-order valence-corrected chi connectivity index (χ0v) is 17.6. The van der Waals surface area contributed by atoms with Crippen molar-refractivity contribution in [3.63, 3.8) is 0 Å². The van der Waals surface area contributed by atoms with E-state index in [1.807, 2.05) is 12.1 Å². The number of amides is 1. The molecule has 31 heavy (non-hydrogen) atoms. The molecule has 0 N–H and O–H groups in total. The van der Waals surface area contributed by atoms with Gasteiger partial charge in [-0.05, 0) is 44.2 Å². The van der Waals surface area contributed by atoms with Crippen molar-refractivity contribution in [1.82, 2.24) is 25.0 Å². The Morgan fingerprint density at radius 2 is 1.97 bits per heavy atom. The molecule has 3 aromatic heterocycles. The smallest absolute Gasteiger partial charge is 0.324 e. The number of hydrogen-bond donors (Lipinski definition) is 0. The van der Waals surface area contributed by atoms with Gasteiger partial charge >= 0.3 is 6.01 Å². The van der Waals surface area contributed by atoms with Crippen molar-refractivity contribution in [1.29, 1.82) is 0 Å². The van der Waals surface area contributed by atoms with Crippen molar-refractivity contribution in [2.24, 2.45) is 0 Å². The van der Waals surface area contributed by atoms with Crippen LogP contribution in [0.3, 0.4) is 0 Å². The van der Waals surface area contributed by atoms with E-state index in [0.29, 0.717) is 29.1 Å². The molecule has 0 unspecified atom stereocenters. The van der Waals surface area contributed by atoms with E-state index in [1.54, 1.807) is 12.4 Å². The summed E-state index contributed by atoms with van der Waals surface area (Å²) in [5.41, 5.74) is 1.28. The van der Waals surface area contributed by atoms with Crippen LogP contribution in [0, 0.1) is 0 Å². The molecule has 1 saturated carbocycles. The molecule has 0 radical (unpaired) electrons. The first-order valence-electron chi connectivity index (χ1n) is 11.0. The predicted molar refractivity (Wildman–Crippen MR) is 112 cm³/mol. The van der Waals surface area contributed by atoms with Crippen LogP contribution in [0.15, 0.2) is 39.9 Å². The third-order valence-corrected chi connectivity index (χ3v) is 5.93. The summed E-state index contributed by atoms with van der Waals surface area (Å²) in [6, 6.07) is 4.77. The number of pyridine rings is 1. The maximum Gasteiger partial charge on any atom is 0.324 e. The van der Waals surface area contributed by atoms with Gasteiger partial charge in [-0.25, -0.2) is 4.98 Å². The van der Waals surface area contributed by atoms with Crippen LogP contribution < -0.4 is 4.90 Å². The lowest BCUT2D eigenvalue weighted by Gasteiger charge is -2.38. The Balaban J connectivity index is 1.25. The molecular weight excluding hydrogens is 396 g/mol. The molecule has 162 valence electrons. The summed E-state index contributed by atoms with van der Waals surface area (Å²) >= 11 is 0. The number of nitrogens with zero attached hydrogens (tertiary/aromatic N) is 6. The molecule has 1 amide bonds. The van der Waals surface area contributed by atoms with Crippen LogP contribution in [-0.2, 0) is 6.42 Å². The molecule has 4 heterocycles. The van der Waals surface area contributed by atoms with Crippen LogP contribution in [0.2, 0.25) is 0 Å². The first kappa shape index (κ1) is 19.7. The summed E-state index contributed by atoms with van der Waals surface area (Å²) in [5.74, 6) is 1.41. The molecule has 2 aliphatic rings. The SMILES string of the molecule is CCCc1noc(N2CCC(N(C(=O)c3ccc(-c4cnco4)nc3)C3CC3)CC2)n1. The highest BCUT2D eigenvalue weighted by atomic mass is 16.5. The summed E-state index contributed by atoms with van der Waals surface area (Å²) in [6.07, 6.45) is 10.4. The van der Waals surface area contributed by atoms with Gasteiger partial charge in [0.1, 0.15) is 5.69 Å². The van der Waals surface area contributed by atoms with Crippen molar-refractivity contribution in [2.45, 2.75) is 57.5 Å². The Bertz CT molecular complexity index is 1000. The zero-order valence-electron chi connectivity index (χ0n) is 17.6. The topological polar surface area (TPSA) is 101 Å². The van der Waals surface area contributed by atoms with Gasteiger partial charge in [-0.2, -0.15) is 4.98 Å². The normalized spacial score (nSPS) is 17.1. The van der Waals surface area contributed by atoms with Crippen molar-refractivity contribution in [3.05, 3.63) is 42.3 Å². The minimum atomic E-state index is 0.0561. The monoisotopic (exact) mass is 422 g/mol. The Morgan fingerprint density at radius 3 is 2.61 bits per heavy atom. The Kier molecular flexibility index (Phi) is 5.40. The standard InChI is InChI=1S/C22H26N6O3/c1-2-3-20-25-22(31-26-20)27-10-8-17(9-11-27)28(16-5-6-16)21(29)15-4-7-18(24-12-15)19-13-23-14-30-19/h4,7,12-14,16-17H,2-3,5-6,8-11H2,1H3. The third-order valence-electron chi connectivity index (χ3n) is 5.93. The second-order valence-corrected chi connectivity index (χ2v) is 8.20. The molecule has 1 aliphatic heterocycles. The Morgan fingerprint density at radius 1 is 1.16 bits per heavy atom. The molecular formula is C22H26N6O3. The number of aromatic nitrogens is 4. The van der Waals surface area contributed by atoms with E-state index >= 15 is 0 Å². The van der Waals surface area contributed by atoms with Crippen LogP contribution in [0.4, 0.5) is 6.01 Å². The number of oxazole rings is 1. The molecule has 2 fully saturated rings. The zero-order chi connectivity index (χ0) is 21.2. The molecule has 9 heteroatoms. The molecule has 5 rings (SSSR count). The molecule has 9 nitrogen and oxygen atoms in total. The molecule has 0 spiro atoms. The van der Waals surface area contributed by atoms with Gasteiger partial charge in [0.15, 0.2) is 18.0 Å². The van der Waals surface area contributed by atoms with Crippen molar-refractivity contribution < 1.29 is 13.7 Å². The lowest BCUT2D eigenvalue weighted by molar-refractivity contribution is 0.0629. The van der Waals surface area contributed by atoms with E-state index in [2.05, 4.69) is 36.8 Å². The van der Waals surface area contributed by atoms with Gasteiger partial charge < -0.3 is 18.7 Å². The minimum Gasteiger partial charge on any atom is -0.442 e. The molecule has 3 aromatic rings. The Labute approximate surface area is 180 Å². The van der Waals surface area contributed by atoms with Crippen LogP contribution in [-0.4, -0.2) is 56.1 Å². The van der Waals surface area contributed by atoms with E-state index in [0.717, 1.165) is 57.4 Å². The summed E-state index contributed by atoms with van der Waals surface area (Å²) in [4.78, 5) is 30.4. The highest BCUT2D eigenvalue weighted by Crippen LogP contribution is 2.34. The van der Waals surface area contributed by atoms with Gasteiger partial charge in [0.05, 0.1) is 11.8 Å². The fourth-order valence-electron chi connectivity index (χ4n) is 4.17. The molecule has 1 saturated heterocycles. The maximum atomic E-state index is 13.3. The molecule has 0 atom stereocenters. The van der Waals surface area contributed by atoms with Gasteiger partial charge in [0.25, 0.3) is 5.91 Å². The fourth-order valence-corrected chi connectivity index (χ4v) is 4.17. The predicted octanol–water partition coefficient (Wildman–Crippen LogP) is 3.35. The summed E-state index contributed by atoms with van der Waals surface area (Å²) in [6.45, 7) is 3.71. The number of rotatable bonds is 7. The number of carbonyl (C=O) groups excluding carboxylic acids is 1. The average Bonchev–Trinajstić information content (AvgIpc) is 3.27. The second-order valence-electron chi connectivity index (χ2n) is 8.20. The largest absolute Gasteiger partial charge is 0.442 e. The lowest BCUT2D eigenvalue weighted by Crippen LogP contribution is -2.48. The van der Waals surface area contributed by atoms with Gasteiger partial charge in [0, 0.05) is 37.8 Å². The Hall–Kier alpha value is -3.23. The number of piperidine rings is 1. The molecule has 0 aromatic carbocycles. The number of hydrogen-bond acceptors (Lipinski definition) is 8. The summed E-state index contributed by atoms with van der Waals surface area (Å²) < 4.78 is 10.7. The lowest BCUT2D eigenvalue weighted by atomic mass is 10.0. The number of anilines is 1. The van der Waals surface area contributed by atoms with Gasteiger partial charge in [0.2, 0.25) is 0 Å². The first-order valence-corrected chi connectivity index (χ1v) is 11.0. The van der Waals surface area contributed by atoms with E-state index in [4.69, 9.17) is 8.94 Å². The van der Waals surface area contributed by atoms with Gasteiger partial charge in [-0.15, -0.1) is 0 Å². The maximum absolute atomic E-state index is 13.3. The van der Waals surface area contributed by atoms with Gasteiger partial charge in [-0.1, -0.05) is 12.1 Å². The number of aryl methyl sites for hydroxylation is 1. The number of carbonyl (C=O) groups is 1. The van der Waals surface area contributed by atoms with E-state index in [1.165, 1.54) is 6.39 Å². The highest BCUT2D eigenvalue weighted by molar-refractivity contribution is 5.94. The average molecular weight is 422 g/mol. The van der Waals surface area contributed by atoms with Crippen LogP contribution in [0.25, 0.3) is 11.5 Å². The van der Waals surface area contributed by atoms with Gasteiger partial charge in [-0.3, -0.25) is 9.78 Å². The molecule has 1 aliphatic carbocycles. The van der Waals surface area contributed by atoms with Crippen LogP contribution in [0.5, 0.6) is 0 Å². The van der Waals surface area contributed by atoms with E-state index in [-0.39, 0.29) is 11.9 Å². The van der Waals surface area contributed by atoms with Crippen molar-refractivity contribution >= 4 is 11.9 Å². The summed E-state index contributed by atoms with van der Waals surface area (Å²) in [5, 5.41) is 4.06. The van der Waals surface area contributed by atoms with Crippen molar-refractivity contribution in [2.75, 3.05) is 18.0 Å². The second kappa shape index (κ2) is 8.49. The molecule has 0 bridgehead atoms. The quantitative estimate of drug-likeness (QED) is 0.571. The van der Waals surface area contributed by atoms with E-state index in [9.17, 15) is 4.79 Å². The van der Waals surface area contributed by atoms with Crippen molar-refractivity contribution in [3.8, 4) is 11.5 Å². The fraction of sp³-hybridized carbons (Fsp3) is 0.500.